The number of aromatic amines is 1. The van der Waals surface area contributed by atoms with Gasteiger partial charge in [-0.05, 0) is 18.1 Å². The number of H-pyrrole nitrogens is 1. The number of hydrogen-bond acceptors (Lipinski definition) is 3. The Labute approximate surface area is 124 Å². The number of hydrogen-bond donors (Lipinski definition) is 2. The molecule has 0 aliphatic rings. The molecule has 6 heteroatoms. The molecule has 0 aliphatic heterocycles. The molecule has 2 N–H and O–H groups in total. The molecule has 21 heavy (non-hydrogen) atoms. The lowest BCUT2D eigenvalue weighted by atomic mass is 10.0. The molecule has 0 bridgehead atoms. The average molecular weight is 306 g/mol. The SMILES string of the molecule is CCCC(NS(=O)(=O)c1ccc(=O)[nH]c1)c1ccccc1. The van der Waals surface area contributed by atoms with Crippen LogP contribution in [-0.2, 0) is 10.0 Å². The van der Waals surface area contributed by atoms with Gasteiger partial charge in [0.05, 0.1) is 4.90 Å². The van der Waals surface area contributed by atoms with E-state index in [9.17, 15) is 13.2 Å². The molecule has 2 aromatic rings. The number of aromatic nitrogens is 1. The first-order valence-electron chi connectivity index (χ1n) is 6.79. The zero-order valence-electron chi connectivity index (χ0n) is 11.7. The number of benzene rings is 1. The quantitative estimate of drug-likeness (QED) is 0.858. The second-order valence-corrected chi connectivity index (χ2v) is 6.48. The van der Waals surface area contributed by atoms with Gasteiger partial charge in [0.2, 0.25) is 15.6 Å². The van der Waals surface area contributed by atoms with Gasteiger partial charge in [0.15, 0.2) is 0 Å². The fourth-order valence-corrected chi connectivity index (χ4v) is 3.31. The fourth-order valence-electron chi connectivity index (χ4n) is 2.09. The lowest BCUT2D eigenvalue weighted by Crippen LogP contribution is -2.29. The minimum absolute atomic E-state index is 0.0548. The predicted octanol–water partition coefficient (Wildman–Crippen LogP) is 2.19. The Morgan fingerprint density at radius 1 is 1.14 bits per heavy atom. The highest BCUT2D eigenvalue weighted by Crippen LogP contribution is 2.21. The Morgan fingerprint density at radius 2 is 1.86 bits per heavy atom. The maximum absolute atomic E-state index is 12.4. The minimum atomic E-state index is -3.67. The second kappa shape index (κ2) is 6.69. The molecule has 0 aliphatic carbocycles. The van der Waals surface area contributed by atoms with Crippen molar-refractivity contribution >= 4 is 10.0 Å². The van der Waals surface area contributed by atoms with Gasteiger partial charge in [0.25, 0.3) is 0 Å². The molecule has 0 amide bonds. The smallest absolute Gasteiger partial charge is 0.247 e. The van der Waals surface area contributed by atoms with Gasteiger partial charge in [-0.2, -0.15) is 0 Å². The Bertz CT molecular complexity index is 719. The van der Waals surface area contributed by atoms with Crippen LogP contribution in [0.3, 0.4) is 0 Å². The van der Waals surface area contributed by atoms with Crippen LogP contribution in [0.1, 0.15) is 31.4 Å². The second-order valence-electron chi connectivity index (χ2n) is 4.76. The summed E-state index contributed by atoms with van der Waals surface area (Å²) in [7, 11) is -3.67. The van der Waals surface area contributed by atoms with Crippen LogP contribution in [-0.4, -0.2) is 13.4 Å². The van der Waals surface area contributed by atoms with Crippen molar-refractivity contribution in [1.82, 2.24) is 9.71 Å². The normalized spacial score (nSPS) is 13.0. The lowest BCUT2D eigenvalue weighted by Gasteiger charge is -2.18. The first kappa shape index (κ1) is 15.5. The van der Waals surface area contributed by atoms with Gasteiger partial charge < -0.3 is 4.98 Å². The summed E-state index contributed by atoms with van der Waals surface area (Å²) in [6.45, 7) is 2.00. The summed E-state index contributed by atoms with van der Waals surface area (Å²) in [5.74, 6) is 0. The van der Waals surface area contributed by atoms with Crippen LogP contribution < -0.4 is 10.3 Å². The van der Waals surface area contributed by atoms with Gasteiger partial charge >= 0.3 is 0 Å². The Hall–Kier alpha value is -1.92. The first-order valence-corrected chi connectivity index (χ1v) is 8.27. The van der Waals surface area contributed by atoms with E-state index in [1.165, 1.54) is 18.3 Å². The molecule has 1 atom stereocenters. The molecule has 2 rings (SSSR count). The van der Waals surface area contributed by atoms with Crippen molar-refractivity contribution in [3.05, 3.63) is 64.6 Å². The highest BCUT2D eigenvalue weighted by atomic mass is 32.2. The van der Waals surface area contributed by atoms with Crippen LogP contribution in [0.5, 0.6) is 0 Å². The van der Waals surface area contributed by atoms with Crippen molar-refractivity contribution in [3.63, 3.8) is 0 Å². The molecule has 1 aromatic heterocycles. The lowest BCUT2D eigenvalue weighted by molar-refractivity contribution is 0.536. The van der Waals surface area contributed by atoms with E-state index in [-0.39, 0.29) is 16.5 Å². The largest absolute Gasteiger partial charge is 0.328 e. The zero-order chi connectivity index (χ0) is 15.3. The van der Waals surface area contributed by atoms with E-state index >= 15 is 0 Å². The third-order valence-corrected chi connectivity index (χ3v) is 4.61. The van der Waals surface area contributed by atoms with E-state index < -0.39 is 10.0 Å². The molecule has 1 heterocycles. The molecule has 5 nitrogen and oxygen atoms in total. The number of sulfonamides is 1. The molecular formula is C15H18N2O3S. The first-order chi connectivity index (χ1) is 10.0. The maximum atomic E-state index is 12.4. The summed E-state index contributed by atoms with van der Waals surface area (Å²) < 4.78 is 27.4. The molecule has 1 unspecified atom stereocenters. The van der Waals surface area contributed by atoms with E-state index in [2.05, 4.69) is 9.71 Å². The van der Waals surface area contributed by atoms with Crippen LogP contribution in [0.25, 0.3) is 0 Å². The van der Waals surface area contributed by atoms with Crippen LogP contribution in [0.2, 0.25) is 0 Å². The third kappa shape index (κ3) is 4.03. The van der Waals surface area contributed by atoms with E-state index in [0.717, 1.165) is 12.0 Å². The molecule has 0 fully saturated rings. The van der Waals surface area contributed by atoms with Crippen molar-refractivity contribution in [2.45, 2.75) is 30.7 Å². The van der Waals surface area contributed by atoms with Gasteiger partial charge in [0, 0.05) is 18.3 Å². The van der Waals surface area contributed by atoms with Gasteiger partial charge in [-0.1, -0.05) is 43.7 Å². The molecule has 112 valence electrons. The highest BCUT2D eigenvalue weighted by Gasteiger charge is 2.20. The average Bonchev–Trinajstić information content (AvgIpc) is 2.48. The topological polar surface area (TPSA) is 79.0 Å². The molecule has 0 radical (unpaired) electrons. The zero-order valence-corrected chi connectivity index (χ0v) is 12.6. The summed E-state index contributed by atoms with van der Waals surface area (Å²) >= 11 is 0. The summed E-state index contributed by atoms with van der Waals surface area (Å²) in [5, 5.41) is 0. The van der Waals surface area contributed by atoms with Crippen LogP contribution in [0, 0.1) is 0 Å². The summed E-state index contributed by atoms with van der Waals surface area (Å²) in [4.78, 5) is 13.5. The Balaban J connectivity index is 2.27. The Kier molecular flexibility index (Phi) is 4.93. The number of pyridine rings is 1. The maximum Gasteiger partial charge on any atom is 0.247 e. The monoisotopic (exact) mass is 306 g/mol. The highest BCUT2D eigenvalue weighted by molar-refractivity contribution is 7.89. The van der Waals surface area contributed by atoms with Gasteiger partial charge in [-0.3, -0.25) is 4.79 Å². The van der Waals surface area contributed by atoms with Gasteiger partial charge in [-0.25, -0.2) is 13.1 Å². The van der Waals surface area contributed by atoms with Crippen LogP contribution in [0.4, 0.5) is 0 Å². The van der Waals surface area contributed by atoms with E-state index in [1.54, 1.807) is 0 Å². The van der Waals surface area contributed by atoms with Crippen molar-refractivity contribution in [2.24, 2.45) is 0 Å². The predicted molar refractivity (Wildman–Crippen MR) is 81.5 cm³/mol. The molecule has 1 aromatic carbocycles. The molecular weight excluding hydrogens is 288 g/mol. The summed E-state index contributed by atoms with van der Waals surface area (Å²) in [6.07, 6.45) is 2.76. The fraction of sp³-hybridized carbons (Fsp3) is 0.267. The van der Waals surface area contributed by atoms with E-state index in [4.69, 9.17) is 0 Å². The standard InChI is InChI=1S/C15H18N2O3S/c1-2-6-14(12-7-4-3-5-8-12)17-21(19,20)13-9-10-15(18)16-11-13/h3-5,7-11,14,17H,2,6H2,1H3,(H,16,18). The van der Waals surface area contributed by atoms with Gasteiger partial charge in [0.1, 0.15) is 0 Å². The van der Waals surface area contributed by atoms with Crippen LogP contribution >= 0.6 is 0 Å². The van der Waals surface area contributed by atoms with E-state index in [0.29, 0.717) is 6.42 Å². The summed E-state index contributed by atoms with van der Waals surface area (Å²) in [6, 6.07) is 11.7. The number of rotatable bonds is 6. The summed E-state index contributed by atoms with van der Waals surface area (Å²) in [5.41, 5.74) is 0.592. The Morgan fingerprint density at radius 3 is 2.43 bits per heavy atom. The van der Waals surface area contributed by atoms with Crippen LogP contribution in [0.15, 0.2) is 58.4 Å². The van der Waals surface area contributed by atoms with Crippen molar-refractivity contribution < 1.29 is 8.42 Å². The molecule has 0 spiro atoms. The van der Waals surface area contributed by atoms with Gasteiger partial charge in [-0.15, -0.1) is 0 Å². The number of nitrogens with one attached hydrogen (secondary N) is 2. The molecule has 0 saturated heterocycles. The third-order valence-electron chi connectivity index (χ3n) is 3.14. The molecule has 0 saturated carbocycles. The van der Waals surface area contributed by atoms with Crippen molar-refractivity contribution in [3.8, 4) is 0 Å². The van der Waals surface area contributed by atoms with E-state index in [1.807, 2.05) is 37.3 Å². The minimum Gasteiger partial charge on any atom is -0.328 e. The van der Waals surface area contributed by atoms with Crippen molar-refractivity contribution in [2.75, 3.05) is 0 Å². The van der Waals surface area contributed by atoms with Crippen molar-refractivity contribution in [1.29, 1.82) is 0 Å².